The first-order valence-electron chi connectivity index (χ1n) is 6.81. The van der Waals surface area contributed by atoms with Gasteiger partial charge < -0.3 is 4.74 Å². The number of anilines is 2. The fraction of sp³-hybridized carbons (Fsp3) is 0.267. The number of hydrogen-bond donors (Lipinski definition) is 0. The van der Waals surface area contributed by atoms with E-state index in [0.717, 1.165) is 0 Å². The van der Waals surface area contributed by atoms with Gasteiger partial charge >= 0.3 is 0 Å². The number of carbonyl (C=O) groups excluding carboxylic acids is 2. The molecule has 0 spiro atoms. The Kier molecular flexibility index (Phi) is 3.81. The molecular weight excluding hydrogens is 302 g/mol. The van der Waals surface area contributed by atoms with Crippen LogP contribution < -0.4 is 14.5 Å². The second kappa shape index (κ2) is 5.76. The summed E-state index contributed by atoms with van der Waals surface area (Å²) in [7, 11) is 1.65. The van der Waals surface area contributed by atoms with Gasteiger partial charge in [0.05, 0.1) is 5.69 Å². The number of carbonyl (C=O) groups is 2. The van der Waals surface area contributed by atoms with Crippen molar-refractivity contribution in [2.75, 3.05) is 23.4 Å². The maximum absolute atomic E-state index is 12.4. The van der Waals surface area contributed by atoms with Gasteiger partial charge in [-0.3, -0.25) is 19.4 Å². The lowest BCUT2D eigenvalue weighted by Gasteiger charge is -2.33. The Bertz CT molecular complexity index is 702. The minimum atomic E-state index is -0.604. The number of aromatic nitrogens is 1. The van der Waals surface area contributed by atoms with E-state index in [4.69, 9.17) is 4.74 Å². The molecule has 0 bridgehead atoms. The lowest BCUT2D eigenvalue weighted by atomic mass is 10.2. The maximum Gasteiger partial charge on any atom is 0.268 e. The van der Waals surface area contributed by atoms with Crippen molar-refractivity contribution in [1.29, 1.82) is 0 Å². The Morgan fingerprint density at radius 1 is 1.45 bits per heavy atom. The van der Waals surface area contributed by atoms with Crippen molar-refractivity contribution in [3.8, 4) is 5.75 Å². The molecule has 1 aliphatic heterocycles. The van der Waals surface area contributed by atoms with Crippen LogP contribution in [0.15, 0.2) is 35.8 Å². The number of nitrogens with zero attached hydrogens (tertiary/aromatic N) is 3. The lowest BCUT2D eigenvalue weighted by molar-refractivity contribution is -0.127. The average Bonchev–Trinajstić information content (AvgIpc) is 3.05. The van der Waals surface area contributed by atoms with Gasteiger partial charge in [-0.1, -0.05) is 12.1 Å². The zero-order valence-corrected chi connectivity index (χ0v) is 13.0. The summed E-state index contributed by atoms with van der Waals surface area (Å²) in [5.74, 6) is 0.186. The largest absolute Gasteiger partial charge is 0.479 e. The van der Waals surface area contributed by atoms with Crippen LogP contribution in [0.4, 0.5) is 10.8 Å². The molecule has 114 valence electrons. The highest BCUT2D eigenvalue weighted by Crippen LogP contribution is 2.33. The molecule has 2 heterocycles. The van der Waals surface area contributed by atoms with E-state index in [0.29, 0.717) is 16.6 Å². The summed E-state index contributed by atoms with van der Waals surface area (Å²) in [5, 5.41) is 2.41. The summed E-state index contributed by atoms with van der Waals surface area (Å²) in [4.78, 5) is 31.8. The van der Waals surface area contributed by atoms with E-state index < -0.39 is 6.10 Å². The van der Waals surface area contributed by atoms with Crippen molar-refractivity contribution >= 4 is 34.0 Å². The van der Waals surface area contributed by atoms with Gasteiger partial charge in [-0.25, -0.2) is 4.98 Å². The predicted octanol–water partition coefficient (Wildman–Crippen LogP) is 1.92. The first-order valence-corrected chi connectivity index (χ1v) is 7.69. The summed E-state index contributed by atoms with van der Waals surface area (Å²) in [5.41, 5.74) is 0.617. The fourth-order valence-electron chi connectivity index (χ4n) is 2.25. The molecule has 22 heavy (non-hydrogen) atoms. The van der Waals surface area contributed by atoms with Crippen LogP contribution in [0.1, 0.15) is 6.92 Å². The van der Waals surface area contributed by atoms with E-state index >= 15 is 0 Å². The van der Waals surface area contributed by atoms with Crippen LogP contribution in [-0.2, 0) is 9.59 Å². The molecule has 1 aromatic heterocycles. The first-order chi connectivity index (χ1) is 10.6. The molecule has 2 amide bonds. The molecule has 0 aliphatic carbocycles. The number of para-hydroxylation sites is 2. The summed E-state index contributed by atoms with van der Waals surface area (Å²) >= 11 is 1.37. The monoisotopic (exact) mass is 317 g/mol. The molecule has 7 heteroatoms. The molecule has 0 N–H and O–H groups in total. The molecule has 1 aliphatic rings. The Morgan fingerprint density at radius 3 is 2.95 bits per heavy atom. The Labute approximate surface area is 131 Å². The second-order valence-corrected chi connectivity index (χ2v) is 5.79. The van der Waals surface area contributed by atoms with E-state index in [2.05, 4.69) is 4.98 Å². The predicted molar refractivity (Wildman–Crippen MR) is 84.4 cm³/mol. The van der Waals surface area contributed by atoms with Crippen LogP contribution in [0.3, 0.4) is 0 Å². The van der Waals surface area contributed by atoms with Gasteiger partial charge in [-0.05, 0) is 19.1 Å². The topological polar surface area (TPSA) is 62.7 Å². The highest BCUT2D eigenvalue weighted by atomic mass is 32.1. The molecule has 0 radical (unpaired) electrons. The zero-order valence-electron chi connectivity index (χ0n) is 12.2. The SMILES string of the molecule is C[C@@H]1Oc2ccccc2N(CC(=O)N(C)c2nccs2)C1=O. The van der Waals surface area contributed by atoms with Gasteiger partial charge in [0.1, 0.15) is 12.3 Å². The van der Waals surface area contributed by atoms with Gasteiger partial charge in [0, 0.05) is 18.6 Å². The average molecular weight is 317 g/mol. The second-order valence-electron chi connectivity index (χ2n) is 4.92. The van der Waals surface area contributed by atoms with Crippen LogP contribution in [0.2, 0.25) is 0 Å². The van der Waals surface area contributed by atoms with Gasteiger partial charge in [0.25, 0.3) is 5.91 Å². The molecule has 0 saturated carbocycles. The molecule has 0 fully saturated rings. The molecule has 3 rings (SSSR count). The summed E-state index contributed by atoms with van der Waals surface area (Å²) in [6, 6.07) is 7.21. The van der Waals surface area contributed by atoms with Gasteiger partial charge in [0.15, 0.2) is 11.2 Å². The maximum atomic E-state index is 12.4. The van der Waals surface area contributed by atoms with Crippen molar-refractivity contribution in [1.82, 2.24) is 4.98 Å². The third kappa shape index (κ3) is 2.55. The molecule has 1 aromatic carbocycles. The minimum Gasteiger partial charge on any atom is -0.479 e. The van der Waals surface area contributed by atoms with E-state index in [1.54, 1.807) is 37.7 Å². The Hall–Kier alpha value is -2.41. The molecule has 2 aromatic rings. The van der Waals surface area contributed by atoms with Crippen molar-refractivity contribution in [3.05, 3.63) is 35.8 Å². The highest BCUT2D eigenvalue weighted by Gasteiger charge is 2.33. The number of thiazole rings is 1. The quantitative estimate of drug-likeness (QED) is 0.867. The van der Waals surface area contributed by atoms with Gasteiger partial charge in [-0.15, -0.1) is 11.3 Å². The number of ether oxygens (including phenoxy) is 1. The van der Waals surface area contributed by atoms with Crippen LogP contribution in [0, 0.1) is 0 Å². The van der Waals surface area contributed by atoms with Crippen LogP contribution >= 0.6 is 11.3 Å². The van der Waals surface area contributed by atoms with E-state index in [9.17, 15) is 9.59 Å². The van der Waals surface area contributed by atoms with Crippen molar-refractivity contribution in [2.45, 2.75) is 13.0 Å². The summed E-state index contributed by atoms with van der Waals surface area (Å²) in [6.45, 7) is 1.64. The fourth-order valence-corrected chi connectivity index (χ4v) is 2.88. The van der Waals surface area contributed by atoms with E-state index in [-0.39, 0.29) is 18.4 Å². The number of amides is 2. The van der Waals surface area contributed by atoms with Gasteiger partial charge in [0.2, 0.25) is 5.91 Å². The Morgan fingerprint density at radius 2 is 2.23 bits per heavy atom. The molecular formula is C15H15N3O3S. The lowest BCUT2D eigenvalue weighted by Crippen LogP contribution is -2.49. The van der Waals surface area contributed by atoms with E-state index in [1.165, 1.54) is 21.1 Å². The van der Waals surface area contributed by atoms with Crippen molar-refractivity contribution in [3.63, 3.8) is 0 Å². The minimum absolute atomic E-state index is 0.0420. The third-order valence-electron chi connectivity index (χ3n) is 3.45. The smallest absolute Gasteiger partial charge is 0.268 e. The number of fused-ring (bicyclic) bond motifs is 1. The first kappa shape index (κ1) is 14.5. The zero-order chi connectivity index (χ0) is 15.7. The van der Waals surface area contributed by atoms with Crippen LogP contribution in [0.5, 0.6) is 5.75 Å². The van der Waals surface area contributed by atoms with Crippen molar-refractivity contribution in [2.24, 2.45) is 0 Å². The normalized spacial score (nSPS) is 16.9. The van der Waals surface area contributed by atoms with Crippen LogP contribution in [-0.4, -0.2) is 36.5 Å². The van der Waals surface area contributed by atoms with E-state index in [1.807, 2.05) is 12.1 Å². The Balaban J connectivity index is 1.84. The number of rotatable bonds is 3. The number of likely N-dealkylation sites (N-methyl/N-ethyl adjacent to an activating group) is 1. The summed E-state index contributed by atoms with van der Waals surface area (Å²) in [6.07, 6.45) is 1.04. The molecule has 0 saturated heterocycles. The standard InChI is InChI=1S/C15H15N3O3S/c1-10-14(20)18(11-5-3-4-6-12(11)21-10)9-13(19)17(2)15-16-7-8-22-15/h3-8,10H,9H2,1-2H3/t10-/m0/s1. The molecule has 0 unspecified atom stereocenters. The highest BCUT2D eigenvalue weighted by molar-refractivity contribution is 7.13. The third-order valence-corrected chi connectivity index (χ3v) is 4.30. The van der Waals surface area contributed by atoms with Crippen molar-refractivity contribution < 1.29 is 14.3 Å². The molecule has 6 nitrogen and oxygen atoms in total. The molecule has 1 atom stereocenters. The van der Waals surface area contributed by atoms with Gasteiger partial charge in [-0.2, -0.15) is 0 Å². The summed E-state index contributed by atoms with van der Waals surface area (Å²) < 4.78 is 5.56. The number of benzene rings is 1. The van der Waals surface area contributed by atoms with Crippen LogP contribution in [0.25, 0.3) is 0 Å². The number of hydrogen-bond acceptors (Lipinski definition) is 5.